The van der Waals surface area contributed by atoms with E-state index in [1.54, 1.807) is 163 Å². The van der Waals surface area contributed by atoms with Crippen molar-refractivity contribution in [2.24, 2.45) is 68.8 Å². The molecule has 0 aliphatic carbocycles. The van der Waals surface area contributed by atoms with Crippen molar-refractivity contribution in [3.63, 3.8) is 0 Å². The highest BCUT2D eigenvalue weighted by Gasteiger charge is 2.41. The quantitative estimate of drug-likeness (QED) is 0.0105. The van der Waals surface area contributed by atoms with Crippen LogP contribution in [0.1, 0.15) is 222 Å². The number of ketones is 3. The van der Waals surface area contributed by atoms with E-state index in [4.69, 9.17) is 37.1 Å². The summed E-state index contributed by atoms with van der Waals surface area (Å²) in [6.45, 7) is 22.4. The molecular formula is C99H142N16O30S2. The van der Waals surface area contributed by atoms with Crippen LogP contribution in [0.25, 0.3) is 0 Å². The number of amides is 18. The van der Waals surface area contributed by atoms with Crippen LogP contribution in [0, 0.1) is 45.8 Å². The first-order valence-corrected chi connectivity index (χ1v) is 51.1. The molecule has 0 saturated heterocycles. The summed E-state index contributed by atoms with van der Waals surface area (Å²) in [6, 6.07) is 14.2. The molecule has 8 atom stereocenters. The number of Topliss-reactive ketones (excluding diaryl/α,β-unsaturated/α-hetero) is 3. The second-order valence-electron chi connectivity index (χ2n) is 39.2. The van der Waals surface area contributed by atoms with Crippen molar-refractivity contribution in [2.75, 3.05) is 61.8 Å². The molecule has 3 aliphatic heterocycles. The molecule has 810 valence electrons. The third-order valence-electron chi connectivity index (χ3n) is 23.0. The SMILES string of the molecule is CC(C)(C)C(=O)OCc1ccc(NC(=O)[C@H](CCCNC(N)=O)CC(=O)[C@H](CCCCN)NC(=O)CCCCCN2C(=O)C=CC2=O)cc1.CC(C)[C@H](NC(=O)[C@@H](CCN1C(=O)C=CC1=O)S(=O)(=O)O)C(=O)C[C@@H](CCCNC(N)=O)C(=O)Nc1ccc(COC(=O)C(C)(C)C)cc1.CC(C)[C@H](NC(=O)[C@H](CCN1C(=O)C=CC1=O)S(=O)(=O)O)C(=O)C[C@@H](CCCNC(N)=O)C(=O)Nc1ccc(COC(=O)C(C)(C)C)cc1. The molecule has 147 heavy (non-hydrogen) atoms. The number of rotatable bonds is 58. The lowest BCUT2D eigenvalue weighted by Gasteiger charge is -2.26. The molecule has 0 saturated carbocycles. The number of ether oxygens (including phenoxy) is 3. The van der Waals surface area contributed by atoms with Gasteiger partial charge in [0.25, 0.3) is 55.7 Å². The van der Waals surface area contributed by atoms with Crippen LogP contribution >= 0.6 is 0 Å². The zero-order chi connectivity index (χ0) is 111. The summed E-state index contributed by atoms with van der Waals surface area (Å²) in [5.41, 5.74) is 22.4. The number of carbonyl (C=O) groups is 21. The van der Waals surface area contributed by atoms with E-state index < -0.39 is 203 Å². The van der Waals surface area contributed by atoms with Gasteiger partial charge >= 0.3 is 36.0 Å². The fraction of sp³-hybridized carbons (Fsp3) is 0.545. The van der Waals surface area contributed by atoms with Gasteiger partial charge in [0.1, 0.15) is 19.8 Å². The molecule has 3 aromatic rings. The van der Waals surface area contributed by atoms with Gasteiger partial charge in [-0.25, -0.2) is 14.4 Å². The molecular weight excluding hydrogens is 1960 g/mol. The van der Waals surface area contributed by atoms with E-state index in [2.05, 4.69) is 47.9 Å². The molecule has 3 aliphatic rings. The van der Waals surface area contributed by atoms with Crippen molar-refractivity contribution in [3.8, 4) is 0 Å². The number of imide groups is 3. The Kier molecular flexibility index (Phi) is 51.4. The molecule has 3 heterocycles. The fourth-order valence-corrected chi connectivity index (χ4v) is 16.0. The summed E-state index contributed by atoms with van der Waals surface area (Å²) in [4.78, 5) is 263. The minimum Gasteiger partial charge on any atom is -0.460 e. The second kappa shape index (κ2) is 60.3. The van der Waals surface area contributed by atoms with E-state index in [1.165, 1.54) is 12.2 Å². The maximum atomic E-state index is 13.6. The minimum absolute atomic E-state index is 0.0286. The maximum absolute atomic E-state index is 13.6. The second-order valence-corrected chi connectivity index (χ2v) is 42.4. The highest BCUT2D eigenvalue weighted by atomic mass is 32.2. The number of primary amides is 3. The average Bonchev–Trinajstić information content (AvgIpc) is 1.10. The highest BCUT2D eigenvalue weighted by Crippen LogP contribution is 2.28. The number of carbonyl (C=O) groups excluding carboxylic acids is 21. The van der Waals surface area contributed by atoms with E-state index in [0.717, 1.165) is 34.8 Å². The van der Waals surface area contributed by atoms with Gasteiger partial charge in [-0.15, -0.1) is 0 Å². The summed E-state index contributed by atoms with van der Waals surface area (Å²) in [7, 11) is -10.1. The zero-order valence-corrected chi connectivity index (χ0v) is 86.9. The Morgan fingerprint density at radius 1 is 0.354 bits per heavy atom. The number of urea groups is 3. The van der Waals surface area contributed by atoms with E-state index in [1.807, 2.05) is 0 Å². The van der Waals surface area contributed by atoms with Crippen molar-refractivity contribution in [1.82, 2.24) is 46.6 Å². The van der Waals surface area contributed by atoms with Gasteiger partial charge in [-0.3, -0.25) is 110 Å². The Balaban J connectivity index is 0.000000459. The molecule has 0 unspecified atom stereocenters. The van der Waals surface area contributed by atoms with Gasteiger partial charge in [0, 0.05) is 136 Å². The summed E-state index contributed by atoms with van der Waals surface area (Å²) in [5.74, 6) is -14.1. The van der Waals surface area contributed by atoms with Crippen molar-refractivity contribution in [1.29, 1.82) is 0 Å². The summed E-state index contributed by atoms with van der Waals surface area (Å²) in [5, 5.41) is 19.0. The summed E-state index contributed by atoms with van der Waals surface area (Å²) in [6.07, 6.45) is 9.16. The van der Waals surface area contributed by atoms with Gasteiger partial charge in [-0.2, -0.15) is 16.8 Å². The monoisotopic (exact) mass is 2100 g/mol. The minimum atomic E-state index is -5.03. The Labute approximate surface area is 855 Å². The molecule has 3 aromatic carbocycles. The van der Waals surface area contributed by atoms with Crippen molar-refractivity contribution in [2.45, 2.75) is 254 Å². The molecule has 0 fully saturated rings. The highest BCUT2D eigenvalue weighted by molar-refractivity contribution is 7.87. The van der Waals surface area contributed by atoms with Crippen LogP contribution in [0.4, 0.5) is 31.4 Å². The van der Waals surface area contributed by atoms with Crippen molar-refractivity contribution < 1.29 is 141 Å². The molecule has 19 N–H and O–H groups in total. The molecule has 46 nitrogen and oxygen atoms in total. The van der Waals surface area contributed by atoms with Crippen LogP contribution in [0.5, 0.6) is 0 Å². The number of esters is 3. The number of benzene rings is 3. The first kappa shape index (κ1) is 125. The van der Waals surface area contributed by atoms with E-state index in [9.17, 15) is 127 Å². The van der Waals surface area contributed by atoms with Crippen LogP contribution in [-0.2, 0) is 141 Å². The number of nitrogens with zero attached hydrogens (tertiary/aromatic N) is 3. The predicted molar refractivity (Wildman–Crippen MR) is 537 cm³/mol. The molecule has 48 heteroatoms. The number of nitrogens with one attached hydrogen (secondary N) is 9. The third kappa shape index (κ3) is 46.2. The molecule has 0 radical (unpaired) electrons. The van der Waals surface area contributed by atoms with E-state index >= 15 is 0 Å². The zero-order valence-electron chi connectivity index (χ0n) is 85.3. The largest absolute Gasteiger partial charge is 0.460 e. The lowest BCUT2D eigenvalue weighted by molar-refractivity contribution is -0.155. The Bertz CT molecular complexity index is 5210. The smallest absolute Gasteiger partial charge is 0.312 e. The average molecular weight is 2100 g/mol. The predicted octanol–water partition coefficient (Wildman–Crippen LogP) is 5.74. The molecule has 6 rings (SSSR count). The number of hydrogen-bond acceptors (Lipinski definition) is 29. The Morgan fingerprint density at radius 2 is 0.639 bits per heavy atom. The molecule has 0 spiro atoms. The normalized spacial score (nSPS) is 14.7. The standard InChI is InChI=1S/C35H52N6O8.2C32H45N5O11S/c1-35(2,3)33(47)49-23-24-13-15-26(16-14-24)39-32(46)25(10-9-20-38-34(37)48)22-28(42)27(11-6-7-19-36)40-29(43)12-5-4-8-21-41-30(44)17-18-31(41)45;2*1-19(2)27(36-29(42)24(49(45,46)47)14-16-37-25(39)12-13-26(37)40)23(38)17-21(7-6-15-34-31(33)44)28(41)35-22-10-8-20(9-11-22)18-48-30(43)32(3,4)5/h13-18,25,27H,4-12,19-23,36H2,1-3H3,(H,39,46)(H,40,43)(H3,37,38,48);2*8-13,19,21,24,27H,6-7,14-18H2,1-5H3,(H,35,41)(H,36,42)(H3,33,34,44)(H,45,46,47)/t25-,27+;21-,24+,27+;21-,24-,27+/m111/s1. The van der Waals surface area contributed by atoms with Gasteiger partial charge in [-0.05, 0) is 217 Å². The van der Waals surface area contributed by atoms with Gasteiger partial charge in [0.15, 0.2) is 27.8 Å². The van der Waals surface area contributed by atoms with Crippen molar-refractivity contribution in [3.05, 3.63) is 126 Å². The van der Waals surface area contributed by atoms with E-state index in [-0.39, 0.29) is 145 Å². The van der Waals surface area contributed by atoms with Crippen molar-refractivity contribution >= 4 is 162 Å². The number of anilines is 3. The van der Waals surface area contributed by atoms with Crippen LogP contribution in [-0.4, -0.2) is 239 Å². The number of unbranched alkanes of at least 4 members (excludes halogenated alkanes) is 3. The topological polar surface area (TPSA) is 717 Å². The fourth-order valence-electron chi connectivity index (χ4n) is 14.5. The molecule has 0 bridgehead atoms. The molecule has 0 aromatic heterocycles. The first-order chi connectivity index (χ1) is 68.6. The summed E-state index contributed by atoms with van der Waals surface area (Å²) >= 11 is 0. The van der Waals surface area contributed by atoms with Gasteiger partial charge in [-0.1, -0.05) is 70.5 Å². The van der Waals surface area contributed by atoms with Crippen LogP contribution in [0.15, 0.2) is 109 Å². The third-order valence-corrected chi connectivity index (χ3v) is 25.3. The van der Waals surface area contributed by atoms with Crippen LogP contribution in [0.2, 0.25) is 0 Å². The maximum Gasteiger partial charge on any atom is 0.312 e. The lowest BCUT2D eigenvalue weighted by atomic mass is 9.89. The van der Waals surface area contributed by atoms with Gasteiger partial charge in [0.05, 0.1) is 34.4 Å². The van der Waals surface area contributed by atoms with Crippen LogP contribution in [0.3, 0.4) is 0 Å². The van der Waals surface area contributed by atoms with Crippen LogP contribution < -0.4 is 70.8 Å². The number of nitrogens with two attached hydrogens (primary N) is 4. The Morgan fingerprint density at radius 3 is 0.905 bits per heavy atom. The lowest BCUT2D eigenvalue weighted by Crippen LogP contribution is -2.51. The summed E-state index contributed by atoms with van der Waals surface area (Å²) < 4.78 is 84.0. The number of hydrogen-bond donors (Lipinski definition) is 15. The van der Waals surface area contributed by atoms with E-state index in [0.29, 0.717) is 89.5 Å². The Hall–Kier alpha value is -13.9. The first-order valence-electron chi connectivity index (χ1n) is 48.1. The molecule has 18 amide bonds. The van der Waals surface area contributed by atoms with Gasteiger partial charge in [0.2, 0.25) is 35.4 Å². The van der Waals surface area contributed by atoms with Gasteiger partial charge < -0.3 is 85.0 Å².